The van der Waals surface area contributed by atoms with Gasteiger partial charge in [-0.15, -0.1) is 0 Å². The number of aromatic nitrogens is 1. The van der Waals surface area contributed by atoms with Crippen LogP contribution in [0.25, 0.3) is 11.1 Å². The number of aliphatic carboxylic acids is 1. The lowest BCUT2D eigenvalue weighted by atomic mass is 10.1. The minimum Gasteiger partial charge on any atom is -0.492 e. The molecule has 1 atom stereocenters. The molecular formula is C26H24ClFN2O5. The van der Waals surface area contributed by atoms with Crippen LogP contribution >= 0.6 is 11.6 Å². The summed E-state index contributed by atoms with van der Waals surface area (Å²) < 4.78 is 30.4. The van der Waals surface area contributed by atoms with Gasteiger partial charge in [-0.3, -0.25) is 0 Å². The summed E-state index contributed by atoms with van der Waals surface area (Å²) in [4.78, 5) is 17.6. The first-order valence-corrected chi connectivity index (χ1v) is 11.4. The van der Waals surface area contributed by atoms with Gasteiger partial charge in [-0.1, -0.05) is 23.7 Å². The minimum absolute atomic E-state index is 0.324. The number of fused-ring (bicyclic) bond motifs is 1. The molecule has 0 fully saturated rings. The first kappa shape index (κ1) is 24.3. The van der Waals surface area contributed by atoms with Crippen molar-refractivity contribution >= 4 is 34.7 Å². The van der Waals surface area contributed by atoms with Gasteiger partial charge in [0.15, 0.2) is 11.7 Å². The van der Waals surface area contributed by atoms with Crippen molar-refractivity contribution in [3.05, 3.63) is 83.1 Å². The van der Waals surface area contributed by atoms with Gasteiger partial charge in [0.1, 0.15) is 29.4 Å². The van der Waals surface area contributed by atoms with E-state index in [9.17, 15) is 9.18 Å². The fourth-order valence-corrected chi connectivity index (χ4v) is 3.59. The first-order chi connectivity index (χ1) is 16.9. The number of ether oxygens (including phenoxy) is 2. The number of carboxylic acids is 1. The van der Waals surface area contributed by atoms with E-state index in [1.165, 1.54) is 19.1 Å². The van der Waals surface area contributed by atoms with E-state index in [4.69, 9.17) is 30.6 Å². The number of carboxylic acid groups (broad SMARTS) is 1. The Hall–Kier alpha value is -3.78. The second-order valence-electron chi connectivity index (χ2n) is 7.89. The van der Waals surface area contributed by atoms with Crippen LogP contribution in [0.5, 0.6) is 11.5 Å². The van der Waals surface area contributed by atoms with Crippen molar-refractivity contribution in [2.75, 3.05) is 24.6 Å². The molecule has 0 amide bonds. The number of oxazole rings is 1. The highest BCUT2D eigenvalue weighted by atomic mass is 35.5. The van der Waals surface area contributed by atoms with E-state index in [0.29, 0.717) is 59.8 Å². The van der Waals surface area contributed by atoms with E-state index in [1.54, 1.807) is 36.4 Å². The molecule has 7 nitrogen and oxygen atoms in total. The molecule has 0 bridgehead atoms. The fraction of sp³-hybridized carbons (Fsp3) is 0.231. The summed E-state index contributed by atoms with van der Waals surface area (Å²) >= 11 is 6.09. The smallest absolute Gasteiger partial charge is 0.344 e. The highest BCUT2D eigenvalue weighted by molar-refractivity contribution is 6.31. The van der Waals surface area contributed by atoms with E-state index in [-0.39, 0.29) is 5.82 Å². The summed E-state index contributed by atoms with van der Waals surface area (Å²) in [5.74, 6) is -0.305. The summed E-state index contributed by atoms with van der Waals surface area (Å²) in [5, 5.41) is 9.65. The number of carbonyl (C=O) groups is 1. The Labute approximate surface area is 206 Å². The average molecular weight is 499 g/mol. The zero-order valence-electron chi connectivity index (χ0n) is 19.0. The largest absolute Gasteiger partial charge is 0.492 e. The zero-order chi connectivity index (χ0) is 24.8. The third-order valence-electron chi connectivity index (χ3n) is 5.28. The maximum Gasteiger partial charge on any atom is 0.344 e. The first-order valence-electron chi connectivity index (χ1n) is 11.1. The van der Waals surface area contributed by atoms with Gasteiger partial charge in [0.05, 0.1) is 6.54 Å². The predicted octanol–water partition coefficient (Wildman–Crippen LogP) is 5.60. The molecule has 0 aliphatic rings. The molecule has 0 spiro atoms. The second kappa shape index (κ2) is 11.1. The molecule has 9 heteroatoms. The molecule has 1 heterocycles. The molecule has 1 unspecified atom stereocenters. The molecule has 35 heavy (non-hydrogen) atoms. The van der Waals surface area contributed by atoms with E-state index in [2.05, 4.69) is 4.98 Å². The van der Waals surface area contributed by atoms with Crippen LogP contribution in [0.1, 0.15) is 12.5 Å². The van der Waals surface area contributed by atoms with E-state index < -0.39 is 12.1 Å². The molecule has 0 radical (unpaired) electrons. The van der Waals surface area contributed by atoms with Gasteiger partial charge in [0, 0.05) is 11.6 Å². The molecule has 182 valence electrons. The average Bonchev–Trinajstić information content (AvgIpc) is 3.25. The summed E-state index contributed by atoms with van der Waals surface area (Å²) in [5.41, 5.74) is 2.23. The molecule has 0 saturated carbocycles. The zero-order valence-corrected chi connectivity index (χ0v) is 19.7. The van der Waals surface area contributed by atoms with Crippen molar-refractivity contribution in [2.24, 2.45) is 0 Å². The van der Waals surface area contributed by atoms with Gasteiger partial charge in [-0.05, 0) is 73.5 Å². The summed E-state index contributed by atoms with van der Waals surface area (Å²) in [6.45, 7) is 2.82. The second-order valence-corrected chi connectivity index (χ2v) is 8.33. The lowest BCUT2D eigenvalue weighted by Crippen LogP contribution is -2.30. The van der Waals surface area contributed by atoms with Crippen LogP contribution < -0.4 is 14.4 Å². The van der Waals surface area contributed by atoms with Crippen LogP contribution in [-0.4, -0.2) is 41.9 Å². The van der Waals surface area contributed by atoms with Crippen molar-refractivity contribution < 1.29 is 28.2 Å². The number of nitrogens with zero attached hydrogens (tertiary/aromatic N) is 2. The topological polar surface area (TPSA) is 85.0 Å². The third kappa shape index (κ3) is 6.64. The summed E-state index contributed by atoms with van der Waals surface area (Å²) in [7, 11) is 0. The maximum absolute atomic E-state index is 13.2. The lowest BCUT2D eigenvalue weighted by molar-refractivity contribution is -0.144. The number of halogens is 2. The minimum atomic E-state index is -1.03. The van der Waals surface area contributed by atoms with Crippen LogP contribution in [0.15, 0.2) is 71.1 Å². The maximum atomic E-state index is 13.2. The quantitative estimate of drug-likeness (QED) is 0.288. The SMILES string of the molecule is CC(Oc1cccc(CCN(CCOc2ccc(F)cc2)c2nc3cc(Cl)ccc3o2)c1)C(=O)O. The Morgan fingerprint density at radius 3 is 2.69 bits per heavy atom. The third-order valence-corrected chi connectivity index (χ3v) is 5.52. The van der Waals surface area contributed by atoms with E-state index >= 15 is 0 Å². The molecule has 0 aliphatic carbocycles. The van der Waals surface area contributed by atoms with E-state index in [1.807, 2.05) is 23.1 Å². The monoisotopic (exact) mass is 498 g/mol. The molecule has 4 rings (SSSR count). The van der Waals surface area contributed by atoms with Gasteiger partial charge in [0.2, 0.25) is 0 Å². The molecule has 3 aromatic carbocycles. The lowest BCUT2D eigenvalue weighted by Gasteiger charge is -2.21. The van der Waals surface area contributed by atoms with Crippen LogP contribution in [-0.2, 0) is 11.2 Å². The van der Waals surface area contributed by atoms with Crippen LogP contribution in [0.3, 0.4) is 0 Å². The van der Waals surface area contributed by atoms with Crippen LogP contribution in [0, 0.1) is 5.82 Å². The highest BCUT2D eigenvalue weighted by Crippen LogP contribution is 2.25. The van der Waals surface area contributed by atoms with Crippen molar-refractivity contribution in [1.29, 1.82) is 0 Å². The number of rotatable bonds is 11. The number of anilines is 1. The molecule has 1 aromatic heterocycles. The Bertz CT molecular complexity index is 1290. The fourth-order valence-electron chi connectivity index (χ4n) is 3.42. The standard InChI is InChI=1S/C26H24ClFN2O5/c1-17(25(31)32)34-22-4-2-3-18(15-22)11-12-30(13-14-33-21-8-6-20(28)7-9-21)26-29-23-16-19(27)5-10-24(23)35-26/h2-10,15-17H,11-14H2,1H3,(H,31,32). The molecule has 1 N–H and O–H groups in total. The van der Waals surface area contributed by atoms with Crippen LogP contribution in [0.4, 0.5) is 10.4 Å². The highest BCUT2D eigenvalue weighted by Gasteiger charge is 2.16. The molecule has 4 aromatic rings. The number of hydrogen-bond acceptors (Lipinski definition) is 6. The van der Waals surface area contributed by atoms with Gasteiger partial charge >= 0.3 is 5.97 Å². The van der Waals surface area contributed by atoms with Crippen molar-refractivity contribution in [1.82, 2.24) is 4.98 Å². The van der Waals surface area contributed by atoms with Gasteiger partial charge < -0.3 is 23.9 Å². The Balaban J connectivity index is 1.47. The van der Waals surface area contributed by atoms with E-state index in [0.717, 1.165) is 5.56 Å². The molecule has 0 aliphatic heterocycles. The van der Waals surface area contributed by atoms with Crippen LogP contribution in [0.2, 0.25) is 5.02 Å². The van der Waals surface area contributed by atoms with Crippen molar-refractivity contribution in [3.8, 4) is 11.5 Å². The van der Waals surface area contributed by atoms with Crippen molar-refractivity contribution in [2.45, 2.75) is 19.4 Å². The molecular weight excluding hydrogens is 475 g/mol. The Morgan fingerprint density at radius 1 is 1.11 bits per heavy atom. The summed E-state index contributed by atoms with van der Waals surface area (Å²) in [6.07, 6.45) is -0.328. The Morgan fingerprint density at radius 2 is 1.91 bits per heavy atom. The number of hydrogen-bond donors (Lipinski definition) is 1. The number of benzene rings is 3. The predicted molar refractivity (Wildman–Crippen MR) is 131 cm³/mol. The Kier molecular flexibility index (Phi) is 7.72. The molecule has 0 saturated heterocycles. The van der Waals surface area contributed by atoms with Gasteiger partial charge in [-0.2, -0.15) is 4.98 Å². The van der Waals surface area contributed by atoms with Gasteiger partial charge in [0.25, 0.3) is 6.01 Å². The summed E-state index contributed by atoms with van der Waals surface area (Å²) in [6, 6.07) is 18.8. The van der Waals surface area contributed by atoms with Crippen molar-refractivity contribution in [3.63, 3.8) is 0 Å². The van der Waals surface area contributed by atoms with Gasteiger partial charge in [-0.25, -0.2) is 9.18 Å². The normalized spacial score (nSPS) is 11.9.